The SMILES string of the molecule is COc1ccc([C@H]2CC(c3ccc(Br)cc3)=NN2c2ccc(Br)cc2)cc1OC. The van der Waals surface area contributed by atoms with Gasteiger partial charge in [0.15, 0.2) is 11.5 Å². The molecule has 1 atom stereocenters. The highest BCUT2D eigenvalue weighted by Crippen LogP contribution is 2.40. The summed E-state index contributed by atoms with van der Waals surface area (Å²) in [6.07, 6.45) is 0.799. The number of hydrogen-bond donors (Lipinski definition) is 0. The number of benzene rings is 3. The molecule has 0 bridgehead atoms. The second-order valence-corrected chi connectivity index (χ2v) is 8.54. The predicted molar refractivity (Wildman–Crippen MR) is 124 cm³/mol. The third-order valence-corrected chi connectivity index (χ3v) is 6.03. The Labute approximate surface area is 187 Å². The molecule has 0 unspecified atom stereocenters. The third-order valence-electron chi connectivity index (χ3n) is 4.97. The number of halogens is 2. The molecular formula is C23H20Br2N2O2. The zero-order chi connectivity index (χ0) is 20.4. The zero-order valence-electron chi connectivity index (χ0n) is 16.1. The number of ether oxygens (including phenoxy) is 2. The van der Waals surface area contributed by atoms with Gasteiger partial charge in [0.25, 0.3) is 0 Å². The number of rotatable bonds is 5. The van der Waals surface area contributed by atoms with Crippen molar-refractivity contribution in [3.8, 4) is 11.5 Å². The maximum atomic E-state index is 5.53. The molecule has 4 rings (SSSR count). The van der Waals surface area contributed by atoms with Crippen LogP contribution in [0.25, 0.3) is 0 Å². The van der Waals surface area contributed by atoms with Crippen LogP contribution in [0, 0.1) is 0 Å². The van der Waals surface area contributed by atoms with Gasteiger partial charge in [-0.2, -0.15) is 5.10 Å². The summed E-state index contributed by atoms with van der Waals surface area (Å²) in [5.74, 6) is 1.44. The molecule has 148 valence electrons. The van der Waals surface area contributed by atoms with Crippen molar-refractivity contribution < 1.29 is 9.47 Å². The van der Waals surface area contributed by atoms with Crippen LogP contribution in [0.2, 0.25) is 0 Å². The molecule has 1 heterocycles. The normalized spacial score (nSPS) is 15.9. The summed E-state index contributed by atoms with van der Waals surface area (Å²) in [7, 11) is 3.31. The second-order valence-electron chi connectivity index (χ2n) is 6.71. The first-order valence-electron chi connectivity index (χ1n) is 9.19. The van der Waals surface area contributed by atoms with E-state index in [-0.39, 0.29) is 6.04 Å². The van der Waals surface area contributed by atoms with Crippen LogP contribution in [0.5, 0.6) is 11.5 Å². The molecular weight excluding hydrogens is 496 g/mol. The van der Waals surface area contributed by atoms with Gasteiger partial charge in [-0.25, -0.2) is 0 Å². The molecule has 4 nitrogen and oxygen atoms in total. The van der Waals surface area contributed by atoms with Gasteiger partial charge >= 0.3 is 0 Å². The van der Waals surface area contributed by atoms with E-state index in [1.54, 1.807) is 14.2 Å². The summed E-state index contributed by atoms with van der Waals surface area (Å²) in [6, 6.07) is 22.6. The maximum absolute atomic E-state index is 5.53. The van der Waals surface area contributed by atoms with Gasteiger partial charge in [-0.3, -0.25) is 5.01 Å². The van der Waals surface area contributed by atoms with Crippen LogP contribution in [0.1, 0.15) is 23.6 Å². The molecule has 0 aliphatic carbocycles. The largest absolute Gasteiger partial charge is 0.493 e. The van der Waals surface area contributed by atoms with E-state index in [9.17, 15) is 0 Å². The summed E-state index contributed by atoms with van der Waals surface area (Å²) >= 11 is 7.02. The Morgan fingerprint density at radius 2 is 1.45 bits per heavy atom. The van der Waals surface area contributed by atoms with Gasteiger partial charge in [0.1, 0.15) is 0 Å². The monoisotopic (exact) mass is 514 g/mol. The lowest BCUT2D eigenvalue weighted by Gasteiger charge is -2.24. The molecule has 0 N–H and O–H groups in total. The molecule has 0 fully saturated rings. The first-order chi connectivity index (χ1) is 14.1. The smallest absolute Gasteiger partial charge is 0.161 e. The van der Waals surface area contributed by atoms with Crippen molar-refractivity contribution in [2.45, 2.75) is 12.5 Å². The topological polar surface area (TPSA) is 34.1 Å². The Bertz CT molecular complexity index is 1030. The van der Waals surface area contributed by atoms with E-state index >= 15 is 0 Å². The van der Waals surface area contributed by atoms with Crippen LogP contribution in [-0.2, 0) is 0 Å². The molecule has 0 aromatic heterocycles. The number of hydrogen-bond acceptors (Lipinski definition) is 4. The van der Waals surface area contributed by atoms with Crippen LogP contribution in [0.4, 0.5) is 5.69 Å². The molecule has 0 saturated carbocycles. The lowest BCUT2D eigenvalue weighted by Crippen LogP contribution is -2.18. The highest BCUT2D eigenvalue weighted by Gasteiger charge is 2.30. The molecule has 0 saturated heterocycles. The van der Waals surface area contributed by atoms with E-state index < -0.39 is 0 Å². The predicted octanol–water partition coefficient (Wildman–Crippen LogP) is 6.58. The average Bonchev–Trinajstić information content (AvgIpc) is 3.19. The van der Waals surface area contributed by atoms with Crippen molar-refractivity contribution >= 4 is 43.3 Å². The number of hydrazone groups is 1. The van der Waals surface area contributed by atoms with Crippen LogP contribution >= 0.6 is 31.9 Å². The highest BCUT2D eigenvalue weighted by atomic mass is 79.9. The summed E-state index contributed by atoms with van der Waals surface area (Å²) in [5.41, 5.74) is 4.35. The van der Waals surface area contributed by atoms with Gasteiger partial charge in [-0.05, 0) is 59.7 Å². The number of nitrogens with zero attached hydrogens (tertiary/aromatic N) is 2. The Morgan fingerprint density at radius 1 is 0.828 bits per heavy atom. The van der Waals surface area contributed by atoms with E-state index in [1.807, 2.05) is 36.4 Å². The highest BCUT2D eigenvalue weighted by molar-refractivity contribution is 9.10. The number of anilines is 1. The van der Waals surface area contributed by atoms with Crippen molar-refractivity contribution in [1.82, 2.24) is 0 Å². The summed E-state index contributed by atoms with van der Waals surface area (Å²) in [4.78, 5) is 0. The average molecular weight is 516 g/mol. The van der Waals surface area contributed by atoms with Gasteiger partial charge in [0.05, 0.1) is 31.7 Å². The van der Waals surface area contributed by atoms with Gasteiger partial charge in [-0.15, -0.1) is 0 Å². The third kappa shape index (κ3) is 4.19. The molecule has 6 heteroatoms. The summed E-state index contributed by atoms with van der Waals surface area (Å²) in [5, 5.41) is 7.08. The second kappa shape index (κ2) is 8.59. The van der Waals surface area contributed by atoms with E-state index in [0.717, 1.165) is 49.4 Å². The van der Waals surface area contributed by atoms with Crippen molar-refractivity contribution in [3.05, 3.63) is 86.8 Å². The fourth-order valence-corrected chi connectivity index (χ4v) is 4.01. The standard InChI is InChI=1S/C23H20Br2N2O2/c1-28-22-12-5-16(13-23(22)29-2)21-14-20(15-3-6-17(24)7-4-15)26-27(21)19-10-8-18(25)9-11-19/h3-13,21H,14H2,1-2H3/t21-/m1/s1. The first-order valence-corrected chi connectivity index (χ1v) is 10.8. The number of methoxy groups -OCH3 is 2. The van der Waals surface area contributed by atoms with Crippen molar-refractivity contribution in [1.29, 1.82) is 0 Å². The molecule has 3 aromatic rings. The van der Waals surface area contributed by atoms with Gasteiger partial charge in [-0.1, -0.05) is 50.1 Å². The molecule has 29 heavy (non-hydrogen) atoms. The van der Waals surface area contributed by atoms with Crippen molar-refractivity contribution in [2.75, 3.05) is 19.2 Å². The zero-order valence-corrected chi connectivity index (χ0v) is 19.3. The van der Waals surface area contributed by atoms with Crippen molar-refractivity contribution in [3.63, 3.8) is 0 Å². The van der Waals surface area contributed by atoms with Gasteiger partial charge < -0.3 is 9.47 Å². The van der Waals surface area contributed by atoms with E-state index in [1.165, 1.54) is 0 Å². The maximum Gasteiger partial charge on any atom is 0.161 e. The minimum Gasteiger partial charge on any atom is -0.493 e. The van der Waals surface area contributed by atoms with Crippen LogP contribution < -0.4 is 14.5 Å². The fourth-order valence-electron chi connectivity index (χ4n) is 3.48. The molecule has 3 aromatic carbocycles. The summed E-state index contributed by atoms with van der Waals surface area (Å²) < 4.78 is 13.0. The van der Waals surface area contributed by atoms with Crippen LogP contribution in [0.3, 0.4) is 0 Å². The van der Waals surface area contributed by atoms with E-state index in [4.69, 9.17) is 14.6 Å². The molecule has 0 spiro atoms. The Balaban J connectivity index is 1.75. The minimum absolute atomic E-state index is 0.0645. The Morgan fingerprint density at radius 3 is 2.07 bits per heavy atom. The van der Waals surface area contributed by atoms with Crippen LogP contribution in [0.15, 0.2) is 80.8 Å². The minimum atomic E-state index is 0.0645. The van der Waals surface area contributed by atoms with E-state index in [2.05, 4.69) is 67.2 Å². The van der Waals surface area contributed by atoms with E-state index in [0.29, 0.717) is 0 Å². The summed E-state index contributed by atoms with van der Waals surface area (Å²) in [6.45, 7) is 0. The van der Waals surface area contributed by atoms with Crippen LogP contribution in [-0.4, -0.2) is 19.9 Å². The molecule has 1 aliphatic heterocycles. The molecule has 1 aliphatic rings. The fraction of sp³-hybridized carbons (Fsp3) is 0.174. The first kappa shape index (κ1) is 20.0. The van der Waals surface area contributed by atoms with Gasteiger partial charge in [0, 0.05) is 15.4 Å². The van der Waals surface area contributed by atoms with Crippen molar-refractivity contribution in [2.24, 2.45) is 5.10 Å². The molecule has 0 radical (unpaired) electrons. The van der Waals surface area contributed by atoms with Gasteiger partial charge in [0.2, 0.25) is 0 Å². The lowest BCUT2D eigenvalue weighted by molar-refractivity contribution is 0.354. The Kier molecular flexibility index (Phi) is 5.92. The molecule has 0 amide bonds. The Hall–Kier alpha value is -2.31. The lowest BCUT2D eigenvalue weighted by atomic mass is 9.98. The quantitative estimate of drug-likeness (QED) is 0.384.